The number of nitrogens with zero attached hydrogens (tertiary/aromatic N) is 1. The van der Waals surface area contributed by atoms with Gasteiger partial charge in [-0.05, 0) is 31.2 Å². The molecule has 1 aromatic carbocycles. The smallest absolute Gasteiger partial charge is 0.155 e. The van der Waals surface area contributed by atoms with Crippen molar-refractivity contribution in [3.63, 3.8) is 0 Å². The molecule has 0 saturated carbocycles. The molecule has 1 aromatic rings. The summed E-state index contributed by atoms with van der Waals surface area (Å²) in [5.74, 6) is 0.655. The standard InChI is InChI=1S/C10H10N2O/c1-8(2)12-13-10-5-3-9(7-11)4-6-10/h3-6,12H,1H2,2H3. The van der Waals surface area contributed by atoms with E-state index in [9.17, 15) is 0 Å². The fourth-order valence-corrected chi connectivity index (χ4v) is 0.744. The monoisotopic (exact) mass is 174 g/mol. The first kappa shape index (κ1) is 9.14. The fourth-order valence-electron chi connectivity index (χ4n) is 0.744. The number of allylic oxidation sites excluding steroid dienone is 1. The molecule has 0 amide bonds. The maximum Gasteiger partial charge on any atom is 0.155 e. The molecule has 0 aliphatic rings. The van der Waals surface area contributed by atoms with E-state index in [1.165, 1.54) is 0 Å². The van der Waals surface area contributed by atoms with Crippen LogP contribution in [0.1, 0.15) is 12.5 Å². The molecule has 13 heavy (non-hydrogen) atoms. The van der Waals surface area contributed by atoms with Crippen LogP contribution in [0.2, 0.25) is 0 Å². The summed E-state index contributed by atoms with van der Waals surface area (Å²) < 4.78 is 0. The highest BCUT2D eigenvalue weighted by molar-refractivity contribution is 5.34. The molecule has 0 aromatic heterocycles. The van der Waals surface area contributed by atoms with Gasteiger partial charge in [0.2, 0.25) is 0 Å². The largest absolute Gasteiger partial charge is 0.383 e. The average molecular weight is 174 g/mol. The van der Waals surface area contributed by atoms with Crippen LogP contribution >= 0.6 is 0 Å². The first-order valence-electron chi connectivity index (χ1n) is 3.81. The molecular weight excluding hydrogens is 164 g/mol. The van der Waals surface area contributed by atoms with E-state index >= 15 is 0 Å². The van der Waals surface area contributed by atoms with Crippen LogP contribution in [-0.4, -0.2) is 0 Å². The van der Waals surface area contributed by atoms with Gasteiger partial charge in [-0.15, -0.1) is 0 Å². The van der Waals surface area contributed by atoms with Gasteiger partial charge >= 0.3 is 0 Å². The highest BCUT2D eigenvalue weighted by Gasteiger charge is 1.93. The molecule has 0 heterocycles. The van der Waals surface area contributed by atoms with Gasteiger partial charge in [0.15, 0.2) is 5.75 Å². The number of hydrogen-bond acceptors (Lipinski definition) is 3. The number of nitriles is 1. The molecule has 0 aliphatic carbocycles. The molecule has 0 atom stereocenters. The summed E-state index contributed by atoms with van der Waals surface area (Å²) in [6, 6.07) is 8.84. The zero-order valence-electron chi connectivity index (χ0n) is 7.37. The van der Waals surface area contributed by atoms with E-state index in [4.69, 9.17) is 10.1 Å². The minimum atomic E-state index is 0.614. The van der Waals surface area contributed by atoms with Gasteiger partial charge in [-0.1, -0.05) is 6.58 Å². The van der Waals surface area contributed by atoms with Crippen molar-refractivity contribution in [2.45, 2.75) is 6.92 Å². The Kier molecular flexibility index (Phi) is 2.93. The van der Waals surface area contributed by atoms with Crippen LogP contribution in [0.15, 0.2) is 36.5 Å². The Morgan fingerprint density at radius 1 is 1.46 bits per heavy atom. The molecule has 0 bridgehead atoms. The molecule has 0 fully saturated rings. The van der Waals surface area contributed by atoms with E-state index in [-0.39, 0.29) is 0 Å². The quantitative estimate of drug-likeness (QED) is 0.712. The maximum atomic E-state index is 8.53. The molecular formula is C10H10N2O. The lowest BCUT2D eigenvalue weighted by atomic mass is 10.2. The summed E-state index contributed by atoms with van der Waals surface area (Å²) in [6.45, 7) is 5.41. The predicted molar refractivity (Wildman–Crippen MR) is 49.7 cm³/mol. The molecule has 0 spiro atoms. The molecule has 0 aliphatic heterocycles. The lowest BCUT2D eigenvalue weighted by Crippen LogP contribution is -2.14. The van der Waals surface area contributed by atoms with Crippen LogP contribution in [-0.2, 0) is 0 Å². The number of hydrogen-bond donors (Lipinski definition) is 1. The maximum absolute atomic E-state index is 8.53. The second-order valence-corrected chi connectivity index (χ2v) is 2.62. The van der Waals surface area contributed by atoms with Gasteiger partial charge < -0.3 is 4.84 Å². The number of nitrogens with one attached hydrogen (secondary N) is 1. The average Bonchev–Trinajstić information content (AvgIpc) is 2.15. The van der Waals surface area contributed by atoms with Crippen molar-refractivity contribution in [2.75, 3.05) is 0 Å². The number of benzene rings is 1. The summed E-state index contributed by atoms with van der Waals surface area (Å²) in [5.41, 5.74) is 3.96. The van der Waals surface area contributed by atoms with Crippen LogP contribution in [0.5, 0.6) is 5.75 Å². The van der Waals surface area contributed by atoms with Crippen LogP contribution in [0, 0.1) is 11.3 Å². The second-order valence-electron chi connectivity index (χ2n) is 2.62. The van der Waals surface area contributed by atoms with Gasteiger partial charge in [0.05, 0.1) is 11.6 Å². The SMILES string of the molecule is C=C(C)NOc1ccc(C#N)cc1. The Hall–Kier alpha value is -1.95. The molecule has 0 radical (unpaired) electrons. The molecule has 0 saturated heterocycles. The van der Waals surface area contributed by atoms with E-state index in [0.717, 1.165) is 5.70 Å². The van der Waals surface area contributed by atoms with Crippen molar-refractivity contribution in [1.29, 1.82) is 5.26 Å². The minimum absolute atomic E-state index is 0.614. The zero-order valence-corrected chi connectivity index (χ0v) is 7.37. The Balaban J connectivity index is 2.60. The minimum Gasteiger partial charge on any atom is -0.383 e. The van der Waals surface area contributed by atoms with E-state index in [2.05, 4.69) is 12.1 Å². The summed E-state index contributed by atoms with van der Waals surface area (Å²) >= 11 is 0. The Morgan fingerprint density at radius 2 is 2.08 bits per heavy atom. The van der Waals surface area contributed by atoms with Gasteiger partial charge in [0.25, 0.3) is 0 Å². The van der Waals surface area contributed by atoms with E-state index in [1.54, 1.807) is 31.2 Å². The molecule has 66 valence electrons. The molecule has 0 unspecified atom stereocenters. The van der Waals surface area contributed by atoms with Crippen molar-refractivity contribution in [3.05, 3.63) is 42.1 Å². The third-order valence-corrected chi connectivity index (χ3v) is 1.33. The van der Waals surface area contributed by atoms with Crippen LogP contribution < -0.4 is 10.3 Å². The summed E-state index contributed by atoms with van der Waals surface area (Å²) in [6.07, 6.45) is 0. The highest BCUT2D eigenvalue weighted by Crippen LogP contribution is 2.10. The van der Waals surface area contributed by atoms with Gasteiger partial charge in [0, 0.05) is 5.70 Å². The Labute approximate surface area is 77.2 Å². The first-order valence-corrected chi connectivity index (χ1v) is 3.81. The van der Waals surface area contributed by atoms with Crippen LogP contribution in [0.3, 0.4) is 0 Å². The van der Waals surface area contributed by atoms with E-state index in [0.29, 0.717) is 11.3 Å². The van der Waals surface area contributed by atoms with Gasteiger partial charge in [-0.25, -0.2) is 5.48 Å². The number of rotatable bonds is 3. The molecule has 1 N–H and O–H groups in total. The predicted octanol–water partition coefficient (Wildman–Crippen LogP) is 1.98. The van der Waals surface area contributed by atoms with Gasteiger partial charge in [0.1, 0.15) is 0 Å². The van der Waals surface area contributed by atoms with E-state index < -0.39 is 0 Å². The Bertz CT molecular complexity index is 335. The third-order valence-electron chi connectivity index (χ3n) is 1.33. The molecule has 3 heteroatoms. The van der Waals surface area contributed by atoms with Gasteiger partial charge in [-0.3, -0.25) is 0 Å². The van der Waals surface area contributed by atoms with Crippen molar-refractivity contribution in [2.24, 2.45) is 0 Å². The highest BCUT2D eigenvalue weighted by atomic mass is 16.6. The van der Waals surface area contributed by atoms with Gasteiger partial charge in [-0.2, -0.15) is 5.26 Å². The lowest BCUT2D eigenvalue weighted by molar-refractivity contribution is 0.230. The fraction of sp³-hybridized carbons (Fsp3) is 0.100. The summed E-state index contributed by atoms with van der Waals surface area (Å²) in [7, 11) is 0. The normalized spacial score (nSPS) is 8.62. The number of hydroxylamine groups is 1. The molecule has 3 nitrogen and oxygen atoms in total. The summed E-state index contributed by atoms with van der Waals surface area (Å²) in [4.78, 5) is 5.11. The zero-order chi connectivity index (χ0) is 9.68. The van der Waals surface area contributed by atoms with Crippen molar-refractivity contribution >= 4 is 0 Å². The van der Waals surface area contributed by atoms with E-state index in [1.807, 2.05) is 6.07 Å². The third kappa shape index (κ3) is 2.88. The van der Waals surface area contributed by atoms with Crippen molar-refractivity contribution in [3.8, 4) is 11.8 Å². The van der Waals surface area contributed by atoms with Crippen molar-refractivity contribution < 1.29 is 4.84 Å². The van der Waals surface area contributed by atoms with Crippen molar-refractivity contribution in [1.82, 2.24) is 5.48 Å². The second kappa shape index (κ2) is 4.17. The van der Waals surface area contributed by atoms with Crippen LogP contribution in [0.4, 0.5) is 0 Å². The topological polar surface area (TPSA) is 45.0 Å². The summed E-state index contributed by atoms with van der Waals surface area (Å²) in [5, 5.41) is 8.53. The molecule has 1 rings (SSSR count). The first-order chi connectivity index (χ1) is 6.22. The lowest BCUT2D eigenvalue weighted by Gasteiger charge is -2.06. The Morgan fingerprint density at radius 3 is 2.54 bits per heavy atom. The van der Waals surface area contributed by atoms with Crippen LogP contribution in [0.25, 0.3) is 0 Å².